The van der Waals surface area contributed by atoms with Crippen LogP contribution < -0.4 is 9.64 Å². The number of anilines is 1. The number of para-hydroxylation sites is 1. The molecule has 1 fully saturated rings. The fraction of sp³-hybridized carbons (Fsp3) is 0.250. The SMILES string of the molecule is COc1ccccc1-c1csc(N2CCN(S(=O)(=O)c3cccc(Br)c3)CC2)n1. The second kappa shape index (κ2) is 8.43. The highest BCUT2D eigenvalue weighted by atomic mass is 79.9. The van der Waals surface area contributed by atoms with Crippen LogP contribution >= 0.6 is 27.3 Å². The molecule has 4 rings (SSSR count). The summed E-state index contributed by atoms with van der Waals surface area (Å²) in [5.41, 5.74) is 1.82. The van der Waals surface area contributed by atoms with Crippen molar-refractivity contribution in [3.05, 3.63) is 58.4 Å². The third kappa shape index (κ3) is 4.18. The molecule has 2 aromatic carbocycles. The second-order valence-corrected chi connectivity index (χ2v) is 10.3. The van der Waals surface area contributed by atoms with Crippen LogP contribution in [0, 0.1) is 0 Å². The van der Waals surface area contributed by atoms with Gasteiger partial charge in [0.15, 0.2) is 5.13 Å². The zero-order valence-corrected chi connectivity index (χ0v) is 19.0. The number of hydrogen-bond acceptors (Lipinski definition) is 6. The van der Waals surface area contributed by atoms with E-state index in [1.165, 1.54) is 0 Å². The topological polar surface area (TPSA) is 62.7 Å². The molecule has 29 heavy (non-hydrogen) atoms. The maximum atomic E-state index is 12.9. The highest BCUT2D eigenvalue weighted by Crippen LogP contribution is 2.33. The molecule has 3 aromatic rings. The minimum absolute atomic E-state index is 0.313. The van der Waals surface area contributed by atoms with E-state index in [1.54, 1.807) is 41.0 Å². The van der Waals surface area contributed by atoms with Crippen molar-refractivity contribution in [3.8, 4) is 17.0 Å². The number of hydrogen-bond donors (Lipinski definition) is 0. The molecule has 0 aliphatic carbocycles. The summed E-state index contributed by atoms with van der Waals surface area (Å²) in [6, 6.07) is 14.6. The maximum absolute atomic E-state index is 12.9. The van der Waals surface area contributed by atoms with Crippen molar-refractivity contribution in [1.82, 2.24) is 9.29 Å². The molecular weight excluding hydrogens is 474 g/mol. The molecule has 9 heteroatoms. The third-order valence-electron chi connectivity index (χ3n) is 4.82. The minimum atomic E-state index is -3.49. The number of benzene rings is 2. The van der Waals surface area contributed by atoms with Crippen LogP contribution in [-0.2, 0) is 10.0 Å². The van der Waals surface area contributed by atoms with Crippen molar-refractivity contribution in [2.45, 2.75) is 4.90 Å². The van der Waals surface area contributed by atoms with E-state index in [0.717, 1.165) is 26.6 Å². The number of sulfonamides is 1. The highest BCUT2D eigenvalue weighted by Gasteiger charge is 2.29. The van der Waals surface area contributed by atoms with E-state index in [-0.39, 0.29) is 0 Å². The fourth-order valence-corrected chi connectivity index (χ4v) is 6.18. The number of thiazole rings is 1. The smallest absolute Gasteiger partial charge is 0.243 e. The van der Waals surface area contributed by atoms with Crippen LogP contribution in [0.5, 0.6) is 5.75 Å². The molecule has 0 spiro atoms. The highest BCUT2D eigenvalue weighted by molar-refractivity contribution is 9.10. The Balaban J connectivity index is 1.47. The van der Waals surface area contributed by atoms with Gasteiger partial charge in [-0.1, -0.05) is 34.1 Å². The molecule has 0 bridgehead atoms. The Morgan fingerprint density at radius 1 is 1.07 bits per heavy atom. The van der Waals surface area contributed by atoms with E-state index in [9.17, 15) is 8.42 Å². The first-order chi connectivity index (χ1) is 14.0. The first-order valence-electron chi connectivity index (χ1n) is 9.08. The van der Waals surface area contributed by atoms with Gasteiger partial charge in [0, 0.05) is 41.6 Å². The first kappa shape index (κ1) is 20.3. The Labute approximate surface area is 182 Å². The summed E-state index contributed by atoms with van der Waals surface area (Å²) >= 11 is 4.91. The lowest BCUT2D eigenvalue weighted by Gasteiger charge is -2.33. The van der Waals surface area contributed by atoms with E-state index in [0.29, 0.717) is 31.1 Å². The molecule has 6 nitrogen and oxygen atoms in total. The predicted molar refractivity (Wildman–Crippen MR) is 119 cm³/mol. The van der Waals surface area contributed by atoms with Crippen molar-refractivity contribution in [2.24, 2.45) is 0 Å². The van der Waals surface area contributed by atoms with Gasteiger partial charge in [-0.15, -0.1) is 11.3 Å². The van der Waals surface area contributed by atoms with Gasteiger partial charge in [0.1, 0.15) is 5.75 Å². The van der Waals surface area contributed by atoms with Gasteiger partial charge < -0.3 is 9.64 Å². The summed E-state index contributed by atoms with van der Waals surface area (Å²) in [6.07, 6.45) is 0. The zero-order valence-electron chi connectivity index (χ0n) is 15.8. The average Bonchev–Trinajstić information content (AvgIpc) is 3.24. The van der Waals surface area contributed by atoms with Gasteiger partial charge in [-0.25, -0.2) is 13.4 Å². The Bertz CT molecular complexity index is 1110. The Morgan fingerprint density at radius 3 is 2.55 bits per heavy atom. The molecule has 0 N–H and O–H groups in total. The second-order valence-electron chi connectivity index (χ2n) is 6.56. The molecule has 1 aliphatic heterocycles. The van der Waals surface area contributed by atoms with Crippen LogP contribution in [0.3, 0.4) is 0 Å². The van der Waals surface area contributed by atoms with Gasteiger partial charge in [0.05, 0.1) is 17.7 Å². The van der Waals surface area contributed by atoms with Gasteiger partial charge >= 0.3 is 0 Å². The fourth-order valence-electron chi connectivity index (χ4n) is 3.29. The summed E-state index contributed by atoms with van der Waals surface area (Å²) in [5.74, 6) is 0.786. The van der Waals surface area contributed by atoms with Crippen LogP contribution in [0.1, 0.15) is 0 Å². The minimum Gasteiger partial charge on any atom is -0.496 e. The van der Waals surface area contributed by atoms with Crippen LogP contribution in [0.15, 0.2) is 63.3 Å². The largest absolute Gasteiger partial charge is 0.496 e. The summed E-state index contributed by atoms with van der Waals surface area (Å²) in [5, 5.41) is 2.91. The average molecular weight is 494 g/mol. The lowest BCUT2D eigenvalue weighted by atomic mass is 10.1. The van der Waals surface area contributed by atoms with E-state index < -0.39 is 10.0 Å². The van der Waals surface area contributed by atoms with Crippen molar-refractivity contribution >= 4 is 42.4 Å². The zero-order chi connectivity index (χ0) is 20.4. The molecule has 0 saturated carbocycles. The molecule has 152 valence electrons. The number of nitrogens with zero attached hydrogens (tertiary/aromatic N) is 3. The van der Waals surface area contributed by atoms with E-state index >= 15 is 0 Å². The van der Waals surface area contributed by atoms with Gasteiger partial charge in [-0.3, -0.25) is 0 Å². The number of rotatable bonds is 5. The number of aromatic nitrogens is 1. The Hall–Kier alpha value is -1.94. The Morgan fingerprint density at radius 2 is 1.83 bits per heavy atom. The lowest BCUT2D eigenvalue weighted by Crippen LogP contribution is -2.48. The quantitative estimate of drug-likeness (QED) is 0.535. The summed E-state index contributed by atoms with van der Waals surface area (Å²) < 4.78 is 33.5. The van der Waals surface area contributed by atoms with Gasteiger partial charge in [-0.05, 0) is 30.3 Å². The normalized spacial score (nSPS) is 15.4. The van der Waals surface area contributed by atoms with Crippen molar-refractivity contribution in [3.63, 3.8) is 0 Å². The van der Waals surface area contributed by atoms with Crippen molar-refractivity contribution in [2.75, 3.05) is 38.2 Å². The van der Waals surface area contributed by atoms with E-state index in [1.807, 2.05) is 35.7 Å². The monoisotopic (exact) mass is 493 g/mol. The summed E-state index contributed by atoms with van der Waals surface area (Å²) in [7, 11) is -1.84. The molecule has 1 saturated heterocycles. The molecule has 2 heterocycles. The Kier molecular flexibility index (Phi) is 5.91. The van der Waals surface area contributed by atoms with E-state index in [4.69, 9.17) is 9.72 Å². The molecule has 0 radical (unpaired) electrons. The number of halogens is 1. The number of piperazine rings is 1. The van der Waals surface area contributed by atoms with Crippen molar-refractivity contribution < 1.29 is 13.2 Å². The summed E-state index contributed by atoms with van der Waals surface area (Å²) in [4.78, 5) is 7.21. The molecular formula is C20H20BrN3O3S2. The summed E-state index contributed by atoms with van der Waals surface area (Å²) in [6.45, 7) is 2.06. The van der Waals surface area contributed by atoms with Crippen molar-refractivity contribution in [1.29, 1.82) is 0 Å². The maximum Gasteiger partial charge on any atom is 0.243 e. The predicted octanol–water partition coefficient (Wildman–Crippen LogP) is 4.09. The lowest BCUT2D eigenvalue weighted by molar-refractivity contribution is 0.384. The van der Waals surface area contributed by atoms with Crippen LogP contribution in [-0.4, -0.2) is 51.0 Å². The van der Waals surface area contributed by atoms with Gasteiger partial charge in [0.2, 0.25) is 10.0 Å². The molecule has 1 aromatic heterocycles. The number of ether oxygens (including phenoxy) is 1. The van der Waals surface area contributed by atoms with Gasteiger partial charge in [0.25, 0.3) is 0 Å². The van der Waals surface area contributed by atoms with Gasteiger partial charge in [-0.2, -0.15) is 4.31 Å². The number of methoxy groups -OCH3 is 1. The molecule has 0 amide bonds. The van der Waals surface area contributed by atoms with Crippen LogP contribution in [0.25, 0.3) is 11.3 Å². The standard InChI is InChI=1S/C20H20BrN3O3S2/c1-27-19-8-3-2-7-17(19)18-14-28-20(22-18)23-9-11-24(12-10-23)29(25,26)16-6-4-5-15(21)13-16/h2-8,13-14H,9-12H2,1H3. The molecule has 0 atom stereocenters. The van der Waals surface area contributed by atoms with Crippen LogP contribution in [0.4, 0.5) is 5.13 Å². The molecule has 1 aliphatic rings. The third-order valence-corrected chi connectivity index (χ3v) is 8.11. The van der Waals surface area contributed by atoms with Crippen LogP contribution in [0.2, 0.25) is 0 Å². The van der Waals surface area contributed by atoms with E-state index in [2.05, 4.69) is 20.8 Å². The molecule has 0 unspecified atom stereocenters. The first-order valence-corrected chi connectivity index (χ1v) is 12.2.